The fourth-order valence-electron chi connectivity index (χ4n) is 2.42. The van der Waals surface area contributed by atoms with E-state index in [0.717, 1.165) is 13.1 Å². The molecule has 1 atom stereocenters. The molecule has 8 nitrogen and oxygen atoms in total. The minimum Gasteiger partial charge on any atom is -0.871 e. The zero-order valence-corrected chi connectivity index (χ0v) is 17.8. The van der Waals surface area contributed by atoms with Crippen LogP contribution in [0.4, 0.5) is 0 Å². The van der Waals surface area contributed by atoms with Gasteiger partial charge in [-0.1, -0.05) is 12.1 Å². The van der Waals surface area contributed by atoms with Crippen molar-refractivity contribution in [1.82, 2.24) is 25.0 Å². The quantitative estimate of drug-likeness (QED) is 0.531. The maximum absolute atomic E-state index is 13.2. The number of pyridine rings is 1. The van der Waals surface area contributed by atoms with Gasteiger partial charge in [0.15, 0.2) is 1.41 Å². The first-order chi connectivity index (χ1) is 18.2. The summed E-state index contributed by atoms with van der Waals surface area (Å²) in [5, 5.41) is 18.4. The van der Waals surface area contributed by atoms with Crippen LogP contribution in [0.1, 0.15) is 74.9 Å². The standard InChI is InChI=1S/C18H27N5O3.K/c1-12(2)23-16-13(11-20-21-16)15(24)14(18(23)26)17(25)19-7-6-10-22-8-4-3-5-9-22;/h11-12,24H,3-10H2,1-2H3,(H,19,25)(H,20,21);/q;+1/p-1/i1D3,3D2,4D2,5D2,8D2,9D2,12D;/hD. The number of piperidine rings is 1. The number of aromatic amines is 1. The molecule has 0 bridgehead atoms. The molecule has 2 N–H and O–H groups in total. The summed E-state index contributed by atoms with van der Waals surface area (Å²) in [5.74, 6) is -2.75. The molecule has 1 fully saturated rings. The van der Waals surface area contributed by atoms with E-state index in [1.807, 2.05) is 0 Å². The van der Waals surface area contributed by atoms with Gasteiger partial charge in [-0.15, -0.1) is 0 Å². The van der Waals surface area contributed by atoms with Gasteiger partial charge >= 0.3 is 51.4 Å². The van der Waals surface area contributed by atoms with Crippen LogP contribution in [0, 0.1) is 0 Å². The van der Waals surface area contributed by atoms with Crippen molar-refractivity contribution in [2.75, 3.05) is 26.1 Å². The normalized spacial score (nSPS) is 35.2. The predicted octanol–water partition coefficient (Wildman–Crippen LogP) is -2.01. The van der Waals surface area contributed by atoms with E-state index in [4.69, 9.17) is 20.6 Å². The van der Waals surface area contributed by atoms with E-state index in [-0.39, 0.29) is 61.6 Å². The zero-order chi connectivity index (χ0) is 31.9. The Bertz CT molecular complexity index is 1390. The minimum absolute atomic E-state index is 0. The number of H-pyrrole nitrogens is 1. The van der Waals surface area contributed by atoms with Crippen LogP contribution in [-0.2, 0) is 0 Å². The Labute approximate surface area is 222 Å². The Morgan fingerprint density at radius 3 is 3.00 bits per heavy atom. The first-order valence-corrected chi connectivity index (χ1v) is 7.61. The van der Waals surface area contributed by atoms with E-state index in [2.05, 4.69) is 10.2 Å². The second-order valence-corrected chi connectivity index (χ2v) is 5.35. The average Bonchev–Trinajstić information content (AvgIpc) is 3.28. The molecule has 0 aliphatic carbocycles. The summed E-state index contributed by atoms with van der Waals surface area (Å²) in [5.41, 5.74) is -3.14. The van der Waals surface area contributed by atoms with Gasteiger partial charge in [0, 0.05) is 35.8 Å². The summed E-state index contributed by atoms with van der Waals surface area (Å²) in [6.07, 6.45) is -10.4. The molecule has 9 heteroatoms. The van der Waals surface area contributed by atoms with Gasteiger partial charge in [0.05, 0.1) is 13.1 Å². The van der Waals surface area contributed by atoms with E-state index < -0.39 is 98.3 Å². The second-order valence-electron chi connectivity index (χ2n) is 5.35. The summed E-state index contributed by atoms with van der Waals surface area (Å²) in [6.45, 7) is -10.7. The van der Waals surface area contributed by atoms with E-state index in [1.165, 1.54) is 0 Å². The largest absolute Gasteiger partial charge is 1.00 e. The molecule has 0 aromatic carbocycles. The molecule has 1 aliphatic heterocycles. The summed E-state index contributed by atoms with van der Waals surface area (Å²) >= 11 is 0. The first kappa shape index (κ1) is 9.40. The van der Waals surface area contributed by atoms with E-state index in [0.29, 0.717) is 4.57 Å². The monoisotopic (exact) mass is 414 g/mol. The van der Waals surface area contributed by atoms with Crippen LogP contribution in [0.2, 0.25) is 1.41 Å². The fourth-order valence-corrected chi connectivity index (χ4v) is 2.42. The second kappa shape index (κ2) is 10.2. The van der Waals surface area contributed by atoms with E-state index in [9.17, 15) is 14.7 Å². The number of carbonyl (C=O) groups is 1. The van der Waals surface area contributed by atoms with Crippen molar-refractivity contribution in [3.05, 3.63) is 22.1 Å². The van der Waals surface area contributed by atoms with Gasteiger partial charge in [0.25, 0.3) is 11.5 Å². The Balaban J connectivity index is 0.00000616. The molecule has 1 unspecified atom stereocenters. The molecular formula is C18H26KN5O3. The number of nitrogens with one attached hydrogen (secondary N) is 2. The van der Waals surface area contributed by atoms with E-state index in [1.54, 1.807) is 0 Å². The van der Waals surface area contributed by atoms with Crippen LogP contribution in [-0.4, -0.2) is 51.7 Å². The topological polar surface area (TPSA) is 106 Å². The van der Waals surface area contributed by atoms with Gasteiger partial charge in [0.2, 0.25) is 0 Å². The van der Waals surface area contributed by atoms with Crippen LogP contribution in [0.3, 0.4) is 0 Å². The Kier molecular flexibility index (Phi) is 3.54. The van der Waals surface area contributed by atoms with E-state index >= 15 is 0 Å². The van der Waals surface area contributed by atoms with Gasteiger partial charge in [0.1, 0.15) is 5.65 Å². The summed E-state index contributed by atoms with van der Waals surface area (Å²) < 4.78 is 120. The molecule has 0 radical (unpaired) electrons. The molecular weight excluding hydrogens is 373 g/mol. The third kappa shape index (κ3) is 5.02. The zero-order valence-electron chi connectivity index (χ0n) is 29.7. The van der Waals surface area contributed by atoms with Crippen molar-refractivity contribution in [1.29, 1.82) is 0 Å². The summed E-state index contributed by atoms with van der Waals surface area (Å²) in [4.78, 5) is 26.4. The van der Waals surface area contributed by atoms with Crippen molar-refractivity contribution in [3.63, 3.8) is 0 Å². The van der Waals surface area contributed by atoms with Gasteiger partial charge in [-0.25, -0.2) is 0 Å². The third-order valence-electron chi connectivity index (χ3n) is 3.58. The molecule has 1 aliphatic rings. The van der Waals surface area contributed by atoms with Crippen LogP contribution < -0.4 is 67.4 Å². The molecule has 142 valence electrons. The van der Waals surface area contributed by atoms with Crippen molar-refractivity contribution in [2.24, 2.45) is 0 Å². The number of hydrogen-bond acceptors (Lipinski definition) is 5. The fraction of sp³-hybridized carbons (Fsp3) is 0.611. The maximum Gasteiger partial charge on any atom is 1.00 e. The van der Waals surface area contributed by atoms with Crippen LogP contribution in [0.5, 0.6) is 5.75 Å². The van der Waals surface area contributed by atoms with Crippen LogP contribution in [0.15, 0.2) is 11.0 Å². The molecule has 1 amide bonds. The summed E-state index contributed by atoms with van der Waals surface area (Å²) in [6, 6.07) is -2.70. The van der Waals surface area contributed by atoms with Gasteiger partial charge in [-0.05, 0) is 52.5 Å². The number of carbonyl (C=O) groups excluding carboxylic acids is 1. The SMILES string of the molecule is [2H]N(CCCN1C([2H])([2H])C([2H])([2H])C([2H])([2H])C([2H])([2H])C1([2H])[2H])C(=O)c1c([O-])c2cn[nH]c2n(C([2H])(C)C([2H])([2H])[2H])c1=O.[K+]. The number of fused-ring (bicyclic) bond motifs is 1. The van der Waals surface area contributed by atoms with Gasteiger partial charge in [-0.2, -0.15) is 5.10 Å². The van der Waals surface area contributed by atoms with Crippen molar-refractivity contribution in [3.8, 4) is 5.75 Å². The van der Waals surface area contributed by atoms with Crippen molar-refractivity contribution >= 4 is 16.9 Å². The molecule has 27 heavy (non-hydrogen) atoms. The molecule has 1 saturated heterocycles. The third-order valence-corrected chi connectivity index (χ3v) is 3.58. The predicted molar refractivity (Wildman–Crippen MR) is 97.4 cm³/mol. The number of likely N-dealkylation sites (tertiary alicyclic amines) is 1. The number of nitrogens with zero attached hydrogens (tertiary/aromatic N) is 3. The minimum atomic E-state index is -3.61. The van der Waals surface area contributed by atoms with Gasteiger partial charge < -0.3 is 15.3 Å². The molecule has 2 aromatic heterocycles. The molecule has 3 rings (SSSR count). The smallest absolute Gasteiger partial charge is 0.871 e. The molecule has 2 aromatic rings. The number of amides is 1. The van der Waals surface area contributed by atoms with Crippen molar-refractivity contribution < 1.29 is 81.9 Å². The Morgan fingerprint density at radius 1 is 1.56 bits per heavy atom. The molecule has 0 saturated carbocycles. The number of aromatic nitrogens is 3. The van der Waals surface area contributed by atoms with Crippen molar-refractivity contribution in [2.45, 2.75) is 45.3 Å². The Hall–Kier alpha value is -0.714. The average molecular weight is 415 g/mol. The number of rotatable bonds is 6. The molecule has 0 spiro atoms. The Morgan fingerprint density at radius 2 is 2.30 bits per heavy atom. The van der Waals surface area contributed by atoms with Gasteiger partial charge in [-0.3, -0.25) is 19.3 Å². The molecule has 3 heterocycles. The summed E-state index contributed by atoms with van der Waals surface area (Å²) in [7, 11) is 0. The first-order valence-electron chi connectivity index (χ1n) is 15.1. The van der Waals surface area contributed by atoms with Crippen LogP contribution in [0.25, 0.3) is 11.0 Å². The van der Waals surface area contributed by atoms with Crippen LogP contribution >= 0.6 is 0 Å². The maximum atomic E-state index is 13.2. The number of hydrogen-bond donors (Lipinski definition) is 2.